The molecule has 0 saturated carbocycles. The highest BCUT2D eigenvalue weighted by Gasteiger charge is 2.15. The molecule has 0 aliphatic heterocycles. The van der Waals surface area contributed by atoms with Crippen LogP contribution in [-0.2, 0) is 9.53 Å². The van der Waals surface area contributed by atoms with E-state index in [-0.39, 0.29) is 17.4 Å². The summed E-state index contributed by atoms with van der Waals surface area (Å²) >= 11 is 5.91. The number of carbonyl (C=O) groups is 2. The number of amides is 1. The number of hydrogen-bond acceptors (Lipinski definition) is 4. The van der Waals surface area contributed by atoms with Crippen LogP contribution < -0.4 is 5.32 Å². The number of carbonyl (C=O) groups excluding carboxylic acids is 2. The van der Waals surface area contributed by atoms with Crippen molar-refractivity contribution in [3.8, 4) is 5.75 Å². The Kier molecular flexibility index (Phi) is 5.60. The fraction of sp³-hybridized carbons (Fsp3) is 0.176. The third-order valence-corrected chi connectivity index (χ3v) is 3.42. The maximum absolute atomic E-state index is 11.8. The van der Waals surface area contributed by atoms with Gasteiger partial charge < -0.3 is 15.2 Å². The standard InChI is InChI=1S/C17H16ClNO4/c1-11(12-5-4-6-13(18)9-12)19-16(21)10-23-17(22)14-7-2-3-8-15(14)20/h2-9,11,20H,10H2,1H3,(H,19,21)/t11-/m1/s1. The molecule has 1 amide bonds. The number of nitrogens with one attached hydrogen (secondary N) is 1. The van der Waals surface area contributed by atoms with Gasteiger partial charge in [0.05, 0.1) is 6.04 Å². The van der Waals surface area contributed by atoms with E-state index < -0.39 is 18.5 Å². The molecule has 0 radical (unpaired) electrons. The molecular formula is C17H16ClNO4. The second-order valence-electron chi connectivity index (χ2n) is 4.94. The lowest BCUT2D eigenvalue weighted by atomic mass is 10.1. The fourth-order valence-corrected chi connectivity index (χ4v) is 2.20. The largest absolute Gasteiger partial charge is 0.507 e. The number of esters is 1. The number of phenolic OH excluding ortho intramolecular Hbond substituents is 1. The van der Waals surface area contributed by atoms with Gasteiger partial charge in [-0.3, -0.25) is 4.79 Å². The van der Waals surface area contributed by atoms with Crippen molar-refractivity contribution in [3.05, 3.63) is 64.7 Å². The third-order valence-electron chi connectivity index (χ3n) is 3.18. The number of aromatic hydroxyl groups is 1. The molecule has 0 spiro atoms. The van der Waals surface area contributed by atoms with E-state index in [4.69, 9.17) is 16.3 Å². The Morgan fingerprint density at radius 3 is 2.65 bits per heavy atom. The summed E-state index contributed by atoms with van der Waals surface area (Å²) in [6, 6.07) is 12.8. The van der Waals surface area contributed by atoms with Crippen LogP contribution >= 0.6 is 11.6 Å². The minimum absolute atomic E-state index is 0.0168. The van der Waals surface area contributed by atoms with Crippen molar-refractivity contribution in [2.45, 2.75) is 13.0 Å². The van der Waals surface area contributed by atoms with Crippen molar-refractivity contribution in [3.63, 3.8) is 0 Å². The average molecular weight is 334 g/mol. The number of phenols is 1. The van der Waals surface area contributed by atoms with Gasteiger partial charge in [0.2, 0.25) is 0 Å². The summed E-state index contributed by atoms with van der Waals surface area (Å²) in [6.45, 7) is 1.37. The van der Waals surface area contributed by atoms with Crippen LogP contribution in [0.15, 0.2) is 48.5 Å². The molecule has 0 saturated heterocycles. The predicted octanol–water partition coefficient (Wildman–Crippen LogP) is 3.08. The van der Waals surface area contributed by atoms with Crippen LogP contribution in [0.25, 0.3) is 0 Å². The van der Waals surface area contributed by atoms with Gasteiger partial charge in [-0.15, -0.1) is 0 Å². The summed E-state index contributed by atoms with van der Waals surface area (Å²) in [5.41, 5.74) is 0.862. The maximum Gasteiger partial charge on any atom is 0.342 e. The molecular weight excluding hydrogens is 318 g/mol. The second kappa shape index (κ2) is 7.65. The van der Waals surface area contributed by atoms with Crippen LogP contribution in [0.3, 0.4) is 0 Å². The van der Waals surface area contributed by atoms with Gasteiger partial charge in [0.15, 0.2) is 6.61 Å². The zero-order valence-electron chi connectivity index (χ0n) is 12.5. The van der Waals surface area contributed by atoms with E-state index in [1.807, 2.05) is 6.07 Å². The number of benzene rings is 2. The van der Waals surface area contributed by atoms with Crippen molar-refractivity contribution < 1.29 is 19.4 Å². The Labute approximate surface area is 138 Å². The Balaban J connectivity index is 1.88. The van der Waals surface area contributed by atoms with Crippen LogP contribution in [0.5, 0.6) is 5.75 Å². The first-order valence-corrected chi connectivity index (χ1v) is 7.35. The number of para-hydroxylation sites is 1. The molecule has 0 bridgehead atoms. The Hall–Kier alpha value is -2.53. The van der Waals surface area contributed by atoms with Gasteiger partial charge in [-0.1, -0.05) is 35.9 Å². The molecule has 0 fully saturated rings. The molecule has 23 heavy (non-hydrogen) atoms. The summed E-state index contributed by atoms with van der Waals surface area (Å²) in [5, 5.41) is 12.8. The Bertz CT molecular complexity index is 717. The molecule has 0 aliphatic rings. The van der Waals surface area contributed by atoms with Crippen LogP contribution in [0, 0.1) is 0 Å². The van der Waals surface area contributed by atoms with Crippen LogP contribution in [-0.4, -0.2) is 23.6 Å². The summed E-state index contributed by atoms with van der Waals surface area (Å²) < 4.78 is 4.89. The Morgan fingerprint density at radius 2 is 1.96 bits per heavy atom. The smallest absolute Gasteiger partial charge is 0.342 e. The molecule has 0 aliphatic carbocycles. The molecule has 2 aromatic carbocycles. The third kappa shape index (κ3) is 4.72. The molecule has 5 nitrogen and oxygen atoms in total. The first kappa shape index (κ1) is 16.8. The Morgan fingerprint density at radius 1 is 1.22 bits per heavy atom. The normalized spacial score (nSPS) is 11.6. The topological polar surface area (TPSA) is 75.6 Å². The van der Waals surface area contributed by atoms with Gasteiger partial charge in [-0.25, -0.2) is 4.79 Å². The number of hydrogen-bond donors (Lipinski definition) is 2. The van der Waals surface area contributed by atoms with Crippen molar-refractivity contribution >= 4 is 23.5 Å². The van der Waals surface area contributed by atoms with Gasteiger partial charge in [0, 0.05) is 5.02 Å². The van der Waals surface area contributed by atoms with Gasteiger partial charge in [0.1, 0.15) is 11.3 Å². The second-order valence-corrected chi connectivity index (χ2v) is 5.37. The summed E-state index contributed by atoms with van der Waals surface area (Å²) in [4.78, 5) is 23.6. The van der Waals surface area contributed by atoms with Gasteiger partial charge in [0.25, 0.3) is 5.91 Å². The summed E-state index contributed by atoms with van der Waals surface area (Å²) in [7, 11) is 0. The lowest BCUT2D eigenvalue weighted by Gasteiger charge is -2.14. The van der Waals surface area contributed by atoms with E-state index in [0.717, 1.165) is 5.56 Å². The monoisotopic (exact) mass is 333 g/mol. The maximum atomic E-state index is 11.8. The van der Waals surface area contributed by atoms with E-state index in [1.165, 1.54) is 12.1 Å². The lowest BCUT2D eigenvalue weighted by Crippen LogP contribution is -2.31. The van der Waals surface area contributed by atoms with Crippen molar-refractivity contribution in [2.24, 2.45) is 0 Å². The van der Waals surface area contributed by atoms with E-state index in [2.05, 4.69) is 5.32 Å². The molecule has 2 aromatic rings. The molecule has 2 rings (SSSR count). The zero-order valence-corrected chi connectivity index (χ0v) is 13.2. The minimum atomic E-state index is -0.756. The number of rotatable bonds is 5. The number of halogens is 1. The van der Waals surface area contributed by atoms with E-state index in [0.29, 0.717) is 5.02 Å². The lowest BCUT2D eigenvalue weighted by molar-refractivity contribution is -0.124. The minimum Gasteiger partial charge on any atom is -0.507 e. The first-order valence-electron chi connectivity index (χ1n) is 6.97. The average Bonchev–Trinajstić information content (AvgIpc) is 2.53. The first-order chi connectivity index (χ1) is 11.0. The summed E-state index contributed by atoms with van der Waals surface area (Å²) in [6.07, 6.45) is 0. The van der Waals surface area contributed by atoms with Crippen LogP contribution in [0.2, 0.25) is 5.02 Å². The quantitative estimate of drug-likeness (QED) is 0.824. The van der Waals surface area contributed by atoms with Crippen LogP contribution in [0.4, 0.5) is 0 Å². The highest BCUT2D eigenvalue weighted by atomic mass is 35.5. The summed E-state index contributed by atoms with van der Waals surface area (Å²) in [5.74, 6) is -1.39. The molecule has 6 heteroatoms. The number of ether oxygens (including phenoxy) is 1. The van der Waals surface area contributed by atoms with E-state index in [1.54, 1.807) is 37.3 Å². The highest BCUT2D eigenvalue weighted by molar-refractivity contribution is 6.30. The van der Waals surface area contributed by atoms with Crippen molar-refractivity contribution in [2.75, 3.05) is 6.61 Å². The van der Waals surface area contributed by atoms with Gasteiger partial charge in [-0.05, 0) is 36.8 Å². The predicted molar refractivity (Wildman–Crippen MR) is 86.4 cm³/mol. The molecule has 1 atom stereocenters. The molecule has 2 N–H and O–H groups in total. The van der Waals surface area contributed by atoms with E-state index >= 15 is 0 Å². The zero-order chi connectivity index (χ0) is 16.8. The molecule has 0 unspecified atom stereocenters. The molecule has 0 heterocycles. The van der Waals surface area contributed by atoms with Crippen molar-refractivity contribution in [1.82, 2.24) is 5.32 Å². The fourth-order valence-electron chi connectivity index (χ4n) is 2.00. The van der Waals surface area contributed by atoms with Gasteiger partial charge in [-0.2, -0.15) is 0 Å². The highest BCUT2D eigenvalue weighted by Crippen LogP contribution is 2.18. The van der Waals surface area contributed by atoms with Crippen molar-refractivity contribution in [1.29, 1.82) is 0 Å². The SMILES string of the molecule is C[C@@H](NC(=O)COC(=O)c1ccccc1O)c1cccc(Cl)c1. The molecule has 0 aromatic heterocycles. The molecule has 120 valence electrons. The van der Waals surface area contributed by atoms with Gasteiger partial charge >= 0.3 is 5.97 Å². The van der Waals surface area contributed by atoms with Crippen LogP contribution in [0.1, 0.15) is 28.9 Å². The van der Waals surface area contributed by atoms with E-state index in [9.17, 15) is 14.7 Å².